The summed E-state index contributed by atoms with van der Waals surface area (Å²) < 4.78 is 30.3. The highest BCUT2D eigenvalue weighted by Crippen LogP contribution is 2.28. The van der Waals surface area contributed by atoms with Gasteiger partial charge >= 0.3 is 0 Å². The molecule has 0 heterocycles. The topological polar surface area (TPSA) is 84.5 Å². The predicted molar refractivity (Wildman–Crippen MR) is 95.2 cm³/mol. The van der Waals surface area contributed by atoms with Gasteiger partial charge in [-0.05, 0) is 35.9 Å². The predicted octanol–water partition coefficient (Wildman–Crippen LogP) is 2.90. The maximum Gasteiger partial charge on any atom is 0.229 e. The molecule has 6 nitrogen and oxygen atoms in total. The lowest BCUT2D eigenvalue weighted by Crippen LogP contribution is -2.15. The molecule has 128 valence electrons. The molecule has 8 heteroatoms. The molecule has 0 bridgehead atoms. The van der Waals surface area contributed by atoms with Crippen LogP contribution in [0.15, 0.2) is 42.5 Å². The van der Waals surface area contributed by atoms with Gasteiger partial charge in [-0.1, -0.05) is 23.7 Å². The van der Waals surface area contributed by atoms with Crippen molar-refractivity contribution in [3.63, 3.8) is 0 Å². The number of nitrogens with one attached hydrogen (secondary N) is 2. The third-order valence-electron chi connectivity index (χ3n) is 3.03. The second-order valence-electron chi connectivity index (χ2n) is 5.14. The van der Waals surface area contributed by atoms with Gasteiger partial charge in [0.05, 0.1) is 25.5 Å². The Morgan fingerprint density at radius 3 is 2.58 bits per heavy atom. The van der Waals surface area contributed by atoms with Crippen molar-refractivity contribution in [2.24, 2.45) is 0 Å². The molecular weight excluding hydrogens is 352 g/mol. The minimum atomic E-state index is -3.47. The molecule has 2 N–H and O–H groups in total. The highest BCUT2D eigenvalue weighted by atomic mass is 35.5. The van der Waals surface area contributed by atoms with Crippen LogP contribution in [-0.4, -0.2) is 27.7 Å². The number of methoxy groups -OCH3 is 1. The molecule has 1 amide bonds. The largest absolute Gasteiger partial charge is 0.495 e. The molecule has 0 aliphatic heterocycles. The van der Waals surface area contributed by atoms with Gasteiger partial charge in [-0.25, -0.2) is 8.42 Å². The quantitative estimate of drug-likeness (QED) is 0.821. The number of ether oxygens (including phenoxy) is 1. The van der Waals surface area contributed by atoms with Gasteiger partial charge in [0.15, 0.2) is 0 Å². The summed E-state index contributed by atoms with van der Waals surface area (Å²) in [5.41, 5.74) is 1.48. The molecule has 0 radical (unpaired) electrons. The van der Waals surface area contributed by atoms with Crippen LogP contribution in [0.3, 0.4) is 0 Å². The Bertz CT molecular complexity index is 853. The average Bonchev–Trinajstić information content (AvgIpc) is 2.45. The van der Waals surface area contributed by atoms with Crippen molar-refractivity contribution in [3.8, 4) is 5.75 Å². The Hall–Kier alpha value is -2.25. The fraction of sp³-hybridized carbons (Fsp3) is 0.188. The lowest BCUT2D eigenvalue weighted by Gasteiger charge is -2.12. The molecule has 24 heavy (non-hydrogen) atoms. The molecule has 2 aromatic carbocycles. The van der Waals surface area contributed by atoms with Crippen molar-refractivity contribution in [3.05, 3.63) is 53.1 Å². The van der Waals surface area contributed by atoms with Crippen LogP contribution in [0.5, 0.6) is 5.75 Å². The zero-order valence-electron chi connectivity index (χ0n) is 13.2. The van der Waals surface area contributed by atoms with E-state index in [4.69, 9.17) is 16.3 Å². The summed E-state index contributed by atoms with van der Waals surface area (Å²) in [7, 11) is -2.03. The maximum atomic E-state index is 12.1. The number of carbonyl (C=O) groups excluding carboxylic acids is 1. The van der Waals surface area contributed by atoms with Crippen molar-refractivity contribution in [2.45, 2.75) is 6.42 Å². The summed E-state index contributed by atoms with van der Waals surface area (Å²) in [6, 6.07) is 11.7. The lowest BCUT2D eigenvalue weighted by molar-refractivity contribution is -0.115. The number of hydrogen-bond acceptors (Lipinski definition) is 4. The first-order chi connectivity index (χ1) is 11.3. The molecule has 0 unspecified atom stereocenters. The summed E-state index contributed by atoms with van der Waals surface area (Å²) in [6.45, 7) is 0. The highest BCUT2D eigenvalue weighted by molar-refractivity contribution is 7.92. The summed E-state index contributed by atoms with van der Waals surface area (Å²) >= 11 is 5.89. The summed E-state index contributed by atoms with van der Waals surface area (Å²) in [5.74, 6) is 0.112. The van der Waals surface area contributed by atoms with E-state index >= 15 is 0 Å². The highest BCUT2D eigenvalue weighted by Gasteiger charge is 2.11. The second-order valence-corrected chi connectivity index (χ2v) is 7.33. The van der Waals surface area contributed by atoms with Crippen molar-refractivity contribution in [1.82, 2.24) is 0 Å². The van der Waals surface area contributed by atoms with E-state index in [2.05, 4.69) is 10.0 Å². The molecule has 0 aliphatic rings. The molecule has 0 spiro atoms. The normalized spacial score (nSPS) is 11.0. The van der Waals surface area contributed by atoms with E-state index in [0.717, 1.165) is 11.8 Å². The van der Waals surface area contributed by atoms with Crippen LogP contribution >= 0.6 is 11.6 Å². The Morgan fingerprint density at radius 2 is 1.96 bits per heavy atom. The van der Waals surface area contributed by atoms with Crippen LogP contribution in [0.1, 0.15) is 5.56 Å². The first-order valence-electron chi connectivity index (χ1n) is 6.97. The van der Waals surface area contributed by atoms with Crippen LogP contribution in [0, 0.1) is 0 Å². The summed E-state index contributed by atoms with van der Waals surface area (Å²) in [5, 5.41) is 3.27. The fourth-order valence-corrected chi connectivity index (χ4v) is 2.87. The number of hydrogen-bond donors (Lipinski definition) is 2. The Labute approximate surface area is 145 Å². The van der Waals surface area contributed by atoms with E-state index in [1.54, 1.807) is 36.4 Å². The zero-order valence-corrected chi connectivity index (χ0v) is 14.7. The smallest absolute Gasteiger partial charge is 0.229 e. The Balaban J connectivity index is 2.14. The number of anilines is 2. The Kier molecular flexibility index (Phi) is 5.69. The van der Waals surface area contributed by atoms with Gasteiger partial charge in [0.25, 0.3) is 0 Å². The van der Waals surface area contributed by atoms with Gasteiger partial charge in [-0.3, -0.25) is 9.52 Å². The first kappa shape index (κ1) is 18.1. The molecule has 0 aliphatic carbocycles. The third-order valence-corrected chi connectivity index (χ3v) is 3.86. The molecule has 0 saturated carbocycles. The molecular formula is C16H17ClN2O4S. The number of amides is 1. The zero-order chi connectivity index (χ0) is 17.7. The van der Waals surface area contributed by atoms with E-state index in [1.807, 2.05) is 0 Å². The molecule has 2 aromatic rings. The van der Waals surface area contributed by atoms with Crippen LogP contribution < -0.4 is 14.8 Å². The third kappa shape index (κ3) is 5.43. The van der Waals surface area contributed by atoms with Crippen LogP contribution in [-0.2, 0) is 21.2 Å². The molecule has 0 fully saturated rings. The fourth-order valence-electron chi connectivity index (χ4n) is 2.10. The monoisotopic (exact) mass is 368 g/mol. The lowest BCUT2D eigenvalue weighted by atomic mass is 10.1. The van der Waals surface area contributed by atoms with Crippen LogP contribution in [0.4, 0.5) is 11.4 Å². The van der Waals surface area contributed by atoms with Crippen molar-refractivity contribution in [2.75, 3.05) is 23.4 Å². The molecule has 0 aromatic heterocycles. The minimum Gasteiger partial charge on any atom is -0.495 e. The number of benzene rings is 2. The standard InChI is InChI=1S/C16H17ClN2O4S/c1-23-15-7-6-13(10-14(15)19-24(2,21)22)18-16(20)9-11-4-3-5-12(17)8-11/h3-8,10,19H,9H2,1-2H3,(H,18,20). The SMILES string of the molecule is COc1ccc(NC(=O)Cc2cccc(Cl)c2)cc1NS(C)(=O)=O. The van der Waals surface area contributed by atoms with Crippen molar-refractivity contribution < 1.29 is 17.9 Å². The van der Waals surface area contributed by atoms with E-state index in [-0.39, 0.29) is 18.0 Å². The molecule has 0 atom stereocenters. The average molecular weight is 369 g/mol. The maximum absolute atomic E-state index is 12.1. The van der Waals surface area contributed by atoms with Gasteiger partial charge in [-0.2, -0.15) is 0 Å². The van der Waals surface area contributed by atoms with Crippen molar-refractivity contribution >= 4 is 38.9 Å². The number of halogens is 1. The molecule has 2 rings (SSSR count). The number of sulfonamides is 1. The van der Waals surface area contributed by atoms with E-state index in [9.17, 15) is 13.2 Å². The van der Waals surface area contributed by atoms with E-state index in [0.29, 0.717) is 16.5 Å². The van der Waals surface area contributed by atoms with Gasteiger partial charge < -0.3 is 10.1 Å². The van der Waals surface area contributed by atoms with E-state index < -0.39 is 10.0 Å². The number of carbonyl (C=O) groups is 1. The first-order valence-corrected chi connectivity index (χ1v) is 9.24. The van der Waals surface area contributed by atoms with Crippen LogP contribution in [0.2, 0.25) is 5.02 Å². The van der Waals surface area contributed by atoms with Gasteiger partial charge in [0.2, 0.25) is 15.9 Å². The van der Waals surface area contributed by atoms with Gasteiger partial charge in [0, 0.05) is 10.7 Å². The van der Waals surface area contributed by atoms with Gasteiger partial charge in [-0.15, -0.1) is 0 Å². The van der Waals surface area contributed by atoms with Crippen molar-refractivity contribution in [1.29, 1.82) is 0 Å². The minimum absolute atomic E-state index is 0.154. The summed E-state index contributed by atoms with van der Waals surface area (Å²) in [4.78, 5) is 12.1. The van der Waals surface area contributed by atoms with Crippen LogP contribution in [0.25, 0.3) is 0 Å². The summed E-state index contributed by atoms with van der Waals surface area (Å²) in [6.07, 6.45) is 1.19. The van der Waals surface area contributed by atoms with Gasteiger partial charge in [0.1, 0.15) is 5.75 Å². The number of rotatable bonds is 6. The second kappa shape index (κ2) is 7.55. The molecule has 0 saturated heterocycles. The Morgan fingerprint density at radius 1 is 1.21 bits per heavy atom. The van der Waals surface area contributed by atoms with E-state index in [1.165, 1.54) is 13.2 Å².